The zero-order chi connectivity index (χ0) is 28.8. The molecule has 7 nitrogen and oxygen atoms in total. The van der Waals surface area contributed by atoms with Crippen LogP contribution in [0.4, 0.5) is 0 Å². The van der Waals surface area contributed by atoms with E-state index in [9.17, 15) is 13.2 Å². The number of hydrogen-bond acceptors (Lipinski definition) is 5. The fourth-order valence-corrected chi connectivity index (χ4v) is 7.53. The van der Waals surface area contributed by atoms with Crippen LogP contribution in [0.2, 0.25) is 25.7 Å². The Morgan fingerprint density at radius 1 is 0.950 bits per heavy atom. The van der Waals surface area contributed by atoms with Crippen LogP contribution in [-0.4, -0.2) is 76.0 Å². The molecule has 2 aromatic rings. The molecule has 40 heavy (non-hydrogen) atoms. The van der Waals surface area contributed by atoms with Gasteiger partial charge in [-0.2, -0.15) is 4.31 Å². The second-order valence-corrected chi connectivity index (χ2v) is 20.1. The average molecular weight is 587 g/mol. The van der Waals surface area contributed by atoms with Crippen LogP contribution in [-0.2, 0) is 30.8 Å². The number of carbonyl (C=O) groups excluding carboxylic acids is 1. The van der Waals surface area contributed by atoms with Crippen molar-refractivity contribution < 1.29 is 22.7 Å². The highest BCUT2D eigenvalue weighted by Gasteiger charge is 2.46. The summed E-state index contributed by atoms with van der Waals surface area (Å²) in [5.74, 6) is 0.497. The third kappa shape index (κ3) is 8.73. The van der Waals surface area contributed by atoms with Crippen LogP contribution in [0, 0.1) is 0 Å². The fraction of sp³-hybridized carbons (Fsp3) is 0.581. The molecule has 9 heteroatoms. The monoisotopic (exact) mass is 586 g/mol. The van der Waals surface area contributed by atoms with Crippen LogP contribution in [0.25, 0.3) is 0 Å². The van der Waals surface area contributed by atoms with Crippen molar-refractivity contribution in [1.29, 1.82) is 0 Å². The Bertz CT molecular complexity index is 1180. The van der Waals surface area contributed by atoms with Crippen molar-refractivity contribution in [1.82, 2.24) is 9.21 Å². The number of nitrogens with zero attached hydrogens (tertiary/aromatic N) is 2. The minimum Gasteiger partial charge on any atom is -0.376 e. The number of sulfonamides is 1. The van der Waals surface area contributed by atoms with E-state index in [-0.39, 0.29) is 31.2 Å². The molecule has 4 rings (SSSR count). The predicted octanol–water partition coefficient (Wildman–Crippen LogP) is 5.47. The van der Waals surface area contributed by atoms with Crippen LogP contribution in [0.1, 0.15) is 49.1 Å². The molecule has 220 valence electrons. The van der Waals surface area contributed by atoms with Crippen molar-refractivity contribution in [3.8, 4) is 0 Å². The second kappa shape index (κ2) is 13.7. The maximum absolute atomic E-state index is 13.4. The predicted molar refractivity (Wildman–Crippen MR) is 162 cm³/mol. The molecule has 0 bridgehead atoms. The molecule has 2 unspecified atom stereocenters. The number of hydrogen-bond donors (Lipinski definition) is 0. The van der Waals surface area contributed by atoms with Gasteiger partial charge in [-0.05, 0) is 48.8 Å². The SMILES string of the molecule is C[Si](C)(C)CCOCN(C1CC(=O)N(Cc2ccccc2)C1COC1CCC(c2ccccc2)CC1)S(C)(=O)=O. The van der Waals surface area contributed by atoms with E-state index in [1.54, 1.807) is 0 Å². The lowest BCUT2D eigenvalue weighted by Crippen LogP contribution is -2.50. The van der Waals surface area contributed by atoms with Crippen LogP contribution in [0.3, 0.4) is 0 Å². The molecule has 0 radical (unpaired) electrons. The number of ether oxygens (including phenoxy) is 2. The quantitative estimate of drug-likeness (QED) is 0.177. The molecule has 2 atom stereocenters. The Kier molecular flexibility index (Phi) is 10.6. The van der Waals surface area contributed by atoms with Crippen molar-refractivity contribution >= 4 is 24.0 Å². The van der Waals surface area contributed by atoms with Crippen molar-refractivity contribution in [2.45, 2.75) is 88.4 Å². The minimum atomic E-state index is -3.61. The first-order valence-corrected chi connectivity index (χ1v) is 20.1. The molecular formula is C31H46N2O5SSi. The van der Waals surface area contributed by atoms with Crippen LogP contribution >= 0.6 is 0 Å². The van der Waals surface area contributed by atoms with Crippen LogP contribution in [0.15, 0.2) is 60.7 Å². The number of likely N-dealkylation sites (tertiary alicyclic amines) is 1. The summed E-state index contributed by atoms with van der Waals surface area (Å²) < 4.78 is 39.8. The number of rotatable bonds is 13. The fourth-order valence-electron chi connectivity index (χ4n) is 5.80. The Labute approximate surface area is 241 Å². The maximum Gasteiger partial charge on any atom is 0.224 e. The molecule has 2 aliphatic rings. The van der Waals surface area contributed by atoms with Crippen LogP contribution in [0.5, 0.6) is 0 Å². The highest BCUT2D eigenvalue weighted by atomic mass is 32.2. The van der Waals surface area contributed by atoms with E-state index in [0.717, 1.165) is 37.3 Å². The van der Waals surface area contributed by atoms with Gasteiger partial charge in [-0.15, -0.1) is 0 Å². The lowest BCUT2D eigenvalue weighted by molar-refractivity contribution is -0.130. The second-order valence-electron chi connectivity index (χ2n) is 12.6. The van der Waals surface area contributed by atoms with E-state index >= 15 is 0 Å². The molecule has 0 spiro atoms. The van der Waals surface area contributed by atoms with Gasteiger partial charge in [0, 0.05) is 27.6 Å². The lowest BCUT2D eigenvalue weighted by Gasteiger charge is -2.35. The van der Waals surface area contributed by atoms with Gasteiger partial charge in [0.25, 0.3) is 0 Å². The van der Waals surface area contributed by atoms with E-state index in [0.29, 0.717) is 25.7 Å². The summed E-state index contributed by atoms with van der Waals surface area (Å²) in [4.78, 5) is 15.2. The van der Waals surface area contributed by atoms with Crippen molar-refractivity contribution in [3.63, 3.8) is 0 Å². The van der Waals surface area contributed by atoms with Gasteiger partial charge in [-0.3, -0.25) is 4.79 Å². The van der Waals surface area contributed by atoms with Gasteiger partial charge in [-0.25, -0.2) is 8.42 Å². The average Bonchev–Trinajstić information content (AvgIpc) is 3.21. The summed E-state index contributed by atoms with van der Waals surface area (Å²) in [6.07, 6.45) is 5.49. The molecule has 0 aromatic heterocycles. The van der Waals surface area contributed by atoms with Crippen molar-refractivity contribution in [3.05, 3.63) is 71.8 Å². The van der Waals surface area contributed by atoms with Crippen LogP contribution < -0.4 is 0 Å². The van der Waals surface area contributed by atoms with E-state index in [2.05, 4.69) is 50.0 Å². The smallest absolute Gasteiger partial charge is 0.224 e. The largest absolute Gasteiger partial charge is 0.376 e. The normalized spacial score (nSPS) is 24.1. The molecular weight excluding hydrogens is 541 g/mol. The topological polar surface area (TPSA) is 76.2 Å². The van der Waals surface area contributed by atoms with Gasteiger partial charge in [0.2, 0.25) is 15.9 Å². The first-order chi connectivity index (χ1) is 19.0. The molecule has 1 aliphatic heterocycles. The zero-order valence-corrected chi connectivity index (χ0v) is 26.3. The third-order valence-electron chi connectivity index (χ3n) is 8.20. The highest BCUT2D eigenvalue weighted by molar-refractivity contribution is 7.88. The minimum absolute atomic E-state index is 0.0425. The van der Waals surface area contributed by atoms with Gasteiger partial charge in [0.05, 0.1) is 31.1 Å². The molecule has 2 fully saturated rings. The van der Waals surface area contributed by atoms with Gasteiger partial charge >= 0.3 is 0 Å². The summed E-state index contributed by atoms with van der Waals surface area (Å²) in [7, 11) is -4.93. The summed E-state index contributed by atoms with van der Waals surface area (Å²) in [5.41, 5.74) is 2.40. The van der Waals surface area contributed by atoms with Crippen molar-refractivity contribution in [2.24, 2.45) is 0 Å². The molecule has 1 saturated carbocycles. The summed E-state index contributed by atoms with van der Waals surface area (Å²) >= 11 is 0. The van der Waals surface area contributed by atoms with E-state index < -0.39 is 24.1 Å². The Morgan fingerprint density at radius 2 is 1.57 bits per heavy atom. The molecule has 1 saturated heterocycles. The van der Waals surface area contributed by atoms with Gasteiger partial charge in [-0.1, -0.05) is 80.3 Å². The summed E-state index contributed by atoms with van der Waals surface area (Å²) in [6.45, 7) is 8.01. The number of carbonyl (C=O) groups is 1. The van der Waals surface area contributed by atoms with Gasteiger partial charge < -0.3 is 14.4 Å². The molecule has 1 aliphatic carbocycles. The molecule has 1 heterocycles. The van der Waals surface area contributed by atoms with E-state index in [1.165, 1.54) is 16.1 Å². The summed E-state index contributed by atoms with van der Waals surface area (Å²) in [6, 6.07) is 20.6. The van der Waals surface area contributed by atoms with Gasteiger partial charge in [0.1, 0.15) is 6.73 Å². The maximum atomic E-state index is 13.4. The Hall–Kier alpha value is -2.04. The molecule has 1 amide bonds. The Morgan fingerprint density at radius 3 is 2.17 bits per heavy atom. The lowest BCUT2D eigenvalue weighted by atomic mass is 9.83. The standard InChI is InChI=1S/C31H46N2O5SSi/c1-39(35,36)33(24-37-19-20-40(2,3)4)29-21-31(34)32(22-25-11-7-5-8-12-25)30(29)23-38-28-17-15-27(16-18-28)26-13-9-6-10-14-26/h5-14,27-30H,15-24H2,1-4H3. The summed E-state index contributed by atoms with van der Waals surface area (Å²) in [5, 5.41) is 0. The first-order valence-electron chi connectivity index (χ1n) is 14.6. The third-order valence-corrected chi connectivity index (χ3v) is 11.1. The Balaban J connectivity index is 1.46. The van der Waals surface area contributed by atoms with Gasteiger partial charge in [0.15, 0.2) is 0 Å². The van der Waals surface area contributed by atoms with Crippen molar-refractivity contribution in [2.75, 3.05) is 26.2 Å². The zero-order valence-electron chi connectivity index (χ0n) is 24.5. The number of amides is 1. The van der Waals surface area contributed by atoms with E-state index in [1.807, 2.05) is 35.2 Å². The highest BCUT2D eigenvalue weighted by Crippen LogP contribution is 2.35. The van der Waals surface area contributed by atoms with E-state index in [4.69, 9.17) is 9.47 Å². The molecule has 2 aromatic carbocycles. The first kappa shape index (κ1) is 30.9. The molecule has 0 N–H and O–H groups in total. The number of benzene rings is 2.